The zero-order chi connectivity index (χ0) is 7.56. The van der Waals surface area contributed by atoms with E-state index in [0.717, 1.165) is 4.43 Å². The van der Waals surface area contributed by atoms with Gasteiger partial charge < -0.3 is 11.0 Å². The molecular weight excluding hydrogens is 177 g/mol. The Morgan fingerprint density at radius 2 is 1.92 bits per heavy atom. The quantitative estimate of drug-likeness (QED) is 0.309. The molecule has 0 fully saturated rings. The fourth-order valence-corrected chi connectivity index (χ4v) is 0.920. The van der Waals surface area contributed by atoms with E-state index in [-0.39, 0.29) is 16.6 Å². The minimum absolute atomic E-state index is 0. The van der Waals surface area contributed by atoms with Gasteiger partial charge in [-0.15, -0.1) is 4.43 Å². The second-order valence-electron chi connectivity index (χ2n) is 1.85. The Hall–Kier alpha value is -0.928. The van der Waals surface area contributed by atoms with E-state index >= 15 is 0 Å². The molecule has 12 heavy (non-hydrogen) atoms. The van der Waals surface area contributed by atoms with Crippen molar-refractivity contribution in [3.05, 3.63) is 34.4 Å². The van der Waals surface area contributed by atoms with Crippen molar-refractivity contribution in [1.82, 2.24) is 0 Å². The Morgan fingerprint density at radius 3 is 2.25 bits per heavy atom. The third-order valence-electron chi connectivity index (χ3n) is 1.08. The Balaban J connectivity index is 0. The summed E-state index contributed by atoms with van der Waals surface area (Å²) in [4.78, 5) is 9.74. The monoisotopic (exact) mass is 185 g/mol. The highest BCUT2D eigenvalue weighted by atomic mass is 27.0. The topological polar surface area (TPSA) is 106 Å². The van der Waals surface area contributed by atoms with E-state index < -0.39 is 4.92 Å². The highest BCUT2D eigenvalue weighted by Crippen LogP contribution is 2.05. The SMILES string of the molecule is O.O.O=[N+]([O-])c1ccc[c]([Al])c1. The number of benzene rings is 1. The van der Waals surface area contributed by atoms with E-state index in [0.29, 0.717) is 0 Å². The van der Waals surface area contributed by atoms with Crippen LogP contribution < -0.4 is 4.43 Å². The lowest BCUT2D eigenvalue weighted by molar-refractivity contribution is -0.384. The Labute approximate surface area is 77.2 Å². The zero-order valence-corrected chi connectivity index (χ0v) is 7.31. The zero-order valence-electron chi connectivity index (χ0n) is 6.15. The highest BCUT2D eigenvalue weighted by Gasteiger charge is 2.00. The minimum atomic E-state index is -0.409. The predicted molar refractivity (Wildman–Crippen MR) is 45.7 cm³/mol. The predicted octanol–water partition coefficient (Wildman–Crippen LogP) is -1.26. The van der Waals surface area contributed by atoms with Gasteiger partial charge in [0, 0.05) is 12.1 Å². The summed E-state index contributed by atoms with van der Waals surface area (Å²) < 4.78 is 0.828. The maximum atomic E-state index is 10.1. The van der Waals surface area contributed by atoms with Gasteiger partial charge in [0.25, 0.3) is 5.69 Å². The van der Waals surface area contributed by atoms with Crippen molar-refractivity contribution >= 4 is 26.4 Å². The molecule has 0 aromatic heterocycles. The van der Waals surface area contributed by atoms with Crippen molar-refractivity contribution < 1.29 is 15.9 Å². The summed E-state index contributed by atoms with van der Waals surface area (Å²) in [6.07, 6.45) is 0. The lowest BCUT2D eigenvalue weighted by Crippen LogP contribution is -2.01. The molecule has 0 saturated heterocycles. The van der Waals surface area contributed by atoms with Gasteiger partial charge >= 0.3 is 0 Å². The molecule has 6 heteroatoms. The third kappa shape index (κ3) is 3.46. The van der Waals surface area contributed by atoms with E-state index in [9.17, 15) is 10.1 Å². The second kappa shape index (κ2) is 5.69. The van der Waals surface area contributed by atoms with Crippen molar-refractivity contribution in [2.24, 2.45) is 0 Å². The molecule has 1 aromatic carbocycles. The van der Waals surface area contributed by atoms with E-state index in [1.807, 2.05) is 0 Å². The smallest absolute Gasteiger partial charge is 0.268 e. The van der Waals surface area contributed by atoms with Gasteiger partial charge in [-0.2, -0.15) is 0 Å². The summed E-state index contributed by atoms with van der Waals surface area (Å²) >= 11 is 2.40. The summed E-state index contributed by atoms with van der Waals surface area (Å²) in [5, 5.41) is 10.1. The van der Waals surface area contributed by atoms with E-state index in [2.05, 4.69) is 16.3 Å². The van der Waals surface area contributed by atoms with E-state index in [4.69, 9.17) is 0 Å². The molecule has 0 spiro atoms. The van der Waals surface area contributed by atoms with Gasteiger partial charge in [-0.25, -0.2) is 0 Å². The molecule has 5 nitrogen and oxygen atoms in total. The first-order chi connectivity index (χ1) is 4.70. The Kier molecular flexibility index (Phi) is 6.47. The van der Waals surface area contributed by atoms with Crippen molar-refractivity contribution in [2.75, 3.05) is 0 Å². The van der Waals surface area contributed by atoms with Crippen LogP contribution in [-0.4, -0.2) is 32.2 Å². The molecular formula is C6H8AlNO4. The minimum Gasteiger partial charge on any atom is -0.412 e. The standard InChI is InChI=1S/C6H4NO2.Al.2H2O/c8-7(9)6-4-2-1-3-5-6;;;/h1-2,4-5H;;2*1H2. The number of hydrogen-bond donors (Lipinski definition) is 0. The first kappa shape index (κ1) is 13.6. The summed E-state index contributed by atoms with van der Waals surface area (Å²) in [6, 6.07) is 6.41. The molecule has 4 N–H and O–H groups in total. The molecule has 0 aliphatic rings. The molecule has 0 bridgehead atoms. The maximum Gasteiger partial charge on any atom is 0.268 e. The van der Waals surface area contributed by atoms with Crippen molar-refractivity contribution in [3.63, 3.8) is 0 Å². The second-order valence-corrected chi connectivity index (χ2v) is 2.52. The van der Waals surface area contributed by atoms with Crippen LogP contribution in [0.25, 0.3) is 0 Å². The summed E-state index contributed by atoms with van der Waals surface area (Å²) in [6.45, 7) is 0. The number of hydrogen-bond acceptors (Lipinski definition) is 2. The van der Waals surface area contributed by atoms with Crippen molar-refractivity contribution in [1.29, 1.82) is 0 Å². The van der Waals surface area contributed by atoms with Crippen LogP contribution in [0.4, 0.5) is 5.69 Å². The molecule has 1 rings (SSSR count). The molecule has 0 unspecified atom stereocenters. The summed E-state index contributed by atoms with van der Waals surface area (Å²) in [7, 11) is 0. The number of nitro groups is 1. The fraction of sp³-hybridized carbons (Fsp3) is 0. The van der Waals surface area contributed by atoms with Crippen LogP contribution in [0.2, 0.25) is 0 Å². The van der Waals surface area contributed by atoms with Crippen LogP contribution in [0.15, 0.2) is 24.3 Å². The lowest BCUT2D eigenvalue weighted by atomic mass is 10.3. The van der Waals surface area contributed by atoms with E-state index in [1.165, 1.54) is 12.1 Å². The molecule has 64 valence electrons. The average Bonchev–Trinajstić information content (AvgIpc) is 1.88. The first-order valence-electron chi connectivity index (χ1n) is 2.70. The Morgan fingerprint density at radius 1 is 1.33 bits per heavy atom. The molecule has 0 saturated carbocycles. The van der Waals surface area contributed by atoms with Crippen LogP contribution in [0.5, 0.6) is 0 Å². The van der Waals surface area contributed by atoms with Gasteiger partial charge in [0.15, 0.2) is 16.3 Å². The maximum absolute atomic E-state index is 10.1. The van der Waals surface area contributed by atoms with Crippen LogP contribution in [-0.2, 0) is 0 Å². The first-order valence-corrected chi connectivity index (χ1v) is 3.28. The molecule has 0 aliphatic heterocycles. The molecule has 2 radical (unpaired) electrons. The molecule has 0 amide bonds. The number of rotatable bonds is 1. The number of nitro benzene ring substituents is 1. The van der Waals surface area contributed by atoms with Gasteiger partial charge in [0.1, 0.15) is 0 Å². The molecule has 0 atom stereocenters. The number of non-ortho nitro benzene ring substituents is 1. The summed E-state index contributed by atoms with van der Waals surface area (Å²) in [5.74, 6) is 0. The van der Waals surface area contributed by atoms with Crippen LogP contribution >= 0.6 is 0 Å². The van der Waals surface area contributed by atoms with Crippen molar-refractivity contribution in [2.45, 2.75) is 0 Å². The average molecular weight is 185 g/mol. The molecule has 0 aliphatic carbocycles. The Bertz CT molecular complexity index is 265. The summed E-state index contributed by atoms with van der Waals surface area (Å²) in [5.41, 5.74) is 0.132. The van der Waals surface area contributed by atoms with Gasteiger partial charge in [0.05, 0.1) is 4.92 Å². The van der Waals surface area contributed by atoms with Gasteiger partial charge in [-0.3, -0.25) is 10.1 Å². The van der Waals surface area contributed by atoms with Gasteiger partial charge in [-0.1, -0.05) is 12.1 Å². The van der Waals surface area contributed by atoms with Gasteiger partial charge in [-0.05, 0) is 0 Å². The fourth-order valence-electron chi connectivity index (χ4n) is 0.638. The van der Waals surface area contributed by atoms with Crippen LogP contribution in [0.1, 0.15) is 0 Å². The van der Waals surface area contributed by atoms with E-state index in [1.54, 1.807) is 12.1 Å². The van der Waals surface area contributed by atoms with Crippen LogP contribution in [0.3, 0.4) is 0 Å². The van der Waals surface area contributed by atoms with Crippen molar-refractivity contribution in [3.8, 4) is 0 Å². The molecule has 0 heterocycles. The largest absolute Gasteiger partial charge is 0.412 e. The molecule has 1 aromatic rings. The van der Waals surface area contributed by atoms with Gasteiger partial charge in [0.2, 0.25) is 0 Å². The highest BCUT2D eigenvalue weighted by molar-refractivity contribution is 6.32. The lowest BCUT2D eigenvalue weighted by Gasteiger charge is -1.91. The normalized spacial score (nSPS) is 7.67. The third-order valence-corrected chi connectivity index (χ3v) is 1.44. The van der Waals surface area contributed by atoms with Crippen LogP contribution in [0, 0.1) is 10.1 Å². The number of nitrogens with zero attached hydrogens (tertiary/aromatic N) is 1.